The molecular weight excluding hydrogens is 278 g/mol. The maximum atomic E-state index is 4.63. The van der Waals surface area contributed by atoms with Crippen LogP contribution in [0.1, 0.15) is 13.8 Å². The summed E-state index contributed by atoms with van der Waals surface area (Å²) in [6, 6.07) is 6.59. The fourth-order valence-corrected chi connectivity index (χ4v) is 2.67. The normalized spacial score (nSPS) is 23.8. The Bertz CT molecular complexity index is 570. The number of benzene rings is 1. The molecule has 0 amide bonds. The zero-order valence-electron chi connectivity index (χ0n) is 9.89. The molecular formula is C13H14BrN3. The van der Waals surface area contributed by atoms with Crippen LogP contribution in [0.5, 0.6) is 0 Å². The first-order valence-corrected chi connectivity index (χ1v) is 6.64. The van der Waals surface area contributed by atoms with Crippen molar-refractivity contribution in [3.8, 4) is 0 Å². The molecule has 4 heteroatoms. The molecule has 0 bridgehead atoms. The fraction of sp³-hybridized carbons (Fsp3) is 0.385. The first-order valence-electron chi connectivity index (χ1n) is 5.85. The van der Waals surface area contributed by atoms with Crippen molar-refractivity contribution in [2.45, 2.75) is 19.9 Å². The quantitative estimate of drug-likeness (QED) is 0.808. The molecule has 1 aromatic carbocycles. The van der Waals surface area contributed by atoms with Crippen molar-refractivity contribution in [3.05, 3.63) is 28.9 Å². The van der Waals surface area contributed by atoms with Crippen LogP contribution in [-0.2, 0) is 0 Å². The summed E-state index contributed by atoms with van der Waals surface area (Å²) in [5, 5.41) is 1.07. The second kappa shape index (κ2) is 3.95. The zero-order valence-corrected chi connectivity index (χ0v) is 11.5. The molecule has 0 radical (unpaired) electrons. The molecule has 2 aromatic rings. The largest absolute Gasteiger partial charge is 0.337 e. The van der Waals surface area contributed by atoms with Gasteiger partial charge < -0.3 is 4.90 Å². The van der Waals surface area contributed by atoms with E-state index >= 15 is 0 Å². The van der Waals surface area contributed by atoms with Crippen molar-refractivity contribution in [1.29, 1.82) is 0 Å². The molecule has 0 N–H and O–H groups in total. The zero-order chi connectivity index (χ0) is 12.0. The highest BCUT2D eigenvalue weighted by Gasteiger charge is 2.33. The minimum atomic E-state index is 0.541. The Morgan fingerprint density at radius 3 is 2.88 bits per heavy atom. The number of aromatic nitrogens is 2. The number of nitrogens with zero attached hydrogens (tertiary/aromatic N) is 3. The van der Waals surface area contributed by atoms with E-state index in [2.05, 4.69) is 44.6 Å². The lowest BCUT2D eigenvalue weighted by Gasteiger charge is -2.44. The van der Waals surface area contributed by atoms with Gasteiger partial charge in [-0.25, -0.2) is 9.97 Å². The number of halogens is 1. The van der Waals surface area contributed by atoms with Crippen LogP contribution < -0.4 is 4.90 Å². The molecule has 1 aliphatic rings. The van der Waals surface area contributed by atoms with Gasteiger partial charge >= 0.3 is 0 Å². The van der Waals surface area contributed by atoms with Gasteiger partial charge in [0.15, 0.2) is 0 Å². The number of hydrogen-bond acceptors (Lipinski definition) is 3. The van der Waals surface area contributed by atoms with Gasteiger partial charge in [0.2, 0.25) is 5.95 Å². The van der Waals surface area contributed by atoms with E-state index in [0.717, 1.165) is 33.8 Å². The number of hydrogen-bond donors (Lipinski definition) is 0. The smallest absolute Gasteiger partial charge is 0.226 e. The lowest BCUT2D eigenvalue weighted by atomic mass is 9.93. The third-order valence-electron chi connectivity index (χ3n) is 3.62. The Morgan fingerprint density at radius 1 is 1.35 bits per heavy atom. The molecule has 1 fully saturated rings. The van der Waals surface area contributed by atoms with Crippen LogP contribution in [0.4, 0.5) is 5.95 Å². The van der Waals surface area contributed by atoms with Crippen LogP contribution in [0.15, 0.2) is 28.9 Å². The van der Waals surface area contributed by atoms with Crippen LogP contribution in [-0.4, -0.2) is 22.6 Å². The van der Waals surface area contributed by atoms with Gasteiger partial charge in [-0.3, -0.25) is 0 Å². The summed E-state index contributed by atoms with van der Waals surface area (Å²) in [7, 11) is 0. The molecule has 17 heavy (non-hydrogen) atoms. The Kier molecular flexibility index (Phi) is 2.54. The van der Waals surface area contributed by atoms with Gasteiger partial charge in [0, 0.05) is 28.6 Å². The summed E-state index contributed by atoms with van der Waals surface area (Å²) >= 11 is 3.52. The van der Waals surface area contributed by atoms with Gasteiger partial charge in [-0.05, 0) is 25.0 Å². The van der Waals surface area contributed by atoms with E-state index in [0.29, 0.717) is 6.04 Å². The third kappa shape index (κ3) is 1.71. The highest BCUT2D eigenvalue weighted by atomic mass is 79.9. The van der Waals surface area contributed by atoms with Crippen molar-refractivity contribution in [2.24, 2.45) is 5.92 Å². The lowest BCUT2D eigenvalue weighted by molar-refractivity contribution is 0.334. The second-order valence-electron chi connectivity index (χ2n) is 4.71. The van der Waals surface area contributed by atoms with E-state index in [9.17, 15) is 0 Å². The van der Waals surface area contributed by atoms with Crippen molar-refractivity contribution in [3.63, 3.8) is 0 Å². The summed E-state index contributed by atoms with van der Waals surface area (Å²) in [5.41, 5.74) is 0.996. The first kappa shape index (κ1) is 11.0. The summed E-state index contributed by atoms with van der Waals surface area (Å²) < 4.78 is 1.05. The SMILES string of the molecule is CC1CN(c2ncc3c(Br)cccc3n2)C1C. The van der Waals surface area contributed by atoms with E-state index in [1.165, 1.54) is 0 Å². The van der Waals surface area contributed by atoms with Crippen molar-refractivity contribution in [2.75, 3.05) is 11.4 Å². The first-order chi connectivity index (χ1) is 8.16. The topological polar surface area (TPSA) is 29.0 Å². The van der Waals surface area contributed by atoms with Crippen LogP contribution in [0.25, 0.3) is 10.9 Å². The molecule has 2 atom stereocenters. The Hall–Kier alpha value is -1.16. The van der Waals surface area contributed by atoms with E-state index in [4.69, 9.17) is 0 Å². The van der Waals surface area contributed by atoms with Crippen molar-refractivity contribution >= 4 is 32.8 Å². The molecule has 1 saturated heterocycles. The standard InChI is InChI=1S/C13H14BrN3/c1-8-7-17(9(8)2)13-15-6-10-11(14)4-3-5-12(10)16-13/h3-6,8-9H,7H2,1-2H3. The fourth-order valence-electron chi connectivity index (χ4n) is 2.21. The predicted octanol–water partition coefficient (Wildman–Crippen LogP) is 3.24. The molecule has 88 valence electrons. The van der Waals surface area contributed by atoms with Gasteiger partial charge in [0.05, 0.1) is 5.52 Å². The minimum Gasteiger partial charge on any atom is -0.337 e. The highest BCUT2D eigenvalue weighted by Crippen LogP contribution is 2.30. The van der Waals surface area contributed by atoms with Crippen molar-refractivity contribution in [1.82, 2.24) is 9.97 Å². The second-order valence-corrected chi connectivity index (χ2v) is 5.57. The Balaban J connectivity index is 2.03. The average Bonchev–Trinajstić information content (AvgIpc) is 2.35. The van der Waals surface area contributed by atoms with Gasteiger partial charge in [0.25, 0.3) is 0 Å². The highest BCUT2D eigenvalue weighted by molar-refractivity contribution is 9.10. The van der Waals surface area contributed by atoms with E-state index in [1.807, 2.05) is 24.4 Å². The third-order valence-corrected chi connectivity index (χ3v) is 4.31. The summed E-state index contributed by atoms with van der Waals surface area (Å²) in [4.78, 5) is 11.3. The molecule has 2 unspecified atom stereocenters. The molecule has 1 aliphatic heterocycles. The molecule has 0 aliphatic carbocycles. The molecule has 3 nitrogen and oxygen atoms in total. The average molecular weight is 292 g/mol. The van der Waals surface area contributed by atoms with E-state index < -0.39 is 0 Å². The summed E-state index contributed by atoms with van der Waals surface area (Å²) in [5.74, 6) is 1.58. The number of anilines is 1. The van der Waals surface area contributed by atoms with Gasteiger partial charge in [-0.2, -0.15) is 0 Å². The molecule has 3 rings (SSSR count). The van der Waals surface area contributed by atoms with Crippen LogP contribution >= 0.6 is 15.9 Å². The predicted molar refractivity (Wildman–Crippen MR) is 73.2 cm³/mol. The van der Waals surface area contributed by atoms with Crippen LogP contribution in [0.2, 0.25) is 0 Å². The monoisotopic (exact) mass is 291 g/mol. The molecule has 2 heterocycles. The maximum absolute atomic E-state index is 4.63. The Morgan fingerprint density at radius 2 is 2.18 bits per heavy atom. The Labute approximate surface area is 109 Å². The van der Waals surface area contributed by atoms with Gasteiger partial charge in [0.1, 0.15) is 0 Å². The summed E-state index contributed by atoms with van der Waals surface area (Å²) in [6.07, 6.45) is 1.90. The lowest BCUT2D eigenvalue weighted by Crippen LogP contribution is -2.54. The minimum absolute atomic E-state index is 0.541. The molecule has 0 spiro atoms. The molecule has 1 aromatic heterocycles. The van der Waals surface area contributed by atoms with E-state index in [-0.39, 0.29) is 0 Å². The van der Waals surface area contributed by atoms with Gasteiger partial charge in [-0.15, -0.1) is 0 Å². The summed E-state index contributed by atoms with van der Waals surface area (Å²) in [6.45, 7) is 5.54. The van der Waals surface area contributed by atoms with Crippen molar-refractivity contribution < 1.29 is 0 Å². The number of fused-ring (bicyclic) bond motifs is 1. The van der Waals surface area contributed by atoms with Crippen LogP contribution in [0, 0.1) is 5.92 Å². The van der Waals surface area contributed by atoms with E-state index in [1.54, 1.807) is 0 Å². The molecule has 0 saturated carbocycles. The van der Waals surface area contributed by atoms with Gasteiger partial charge in [-0.1, -0.05) is 28.9 Å². The maximum Gasteiger partial charge on any atom is 0.226 e. The number of rotatable bonds is 1. The van der Waals surface area contributed by atoms with Crippen LogP contribution in [0.3, 0.4) is 0 Å².